The molecule has 2 amide bonds. The molecule has 1 unspecified atom stereocenters. The van der Waals surface area contributed by atoms with Crippen LogP contribution in [0.15, 0.2) is 66.7 Å². The van der Waals surface area contributed by atoms with Crippen molar-refractivity contribution in [2.24, 2.45) is 0 Å². The van der Waals surface area contributed by atoms with Crippen LogP contribution < -0.4 is 4.90 Å². The predicted molar refractivity (Wildman–Crippen MR) is 130 cm³/mol. The molecule has 3 aromatic rings. The van der Waals surface area contributed by atoms with Gasteiger partial charge in [0.1, 0.15) is 0 Å². The number of benzene rings is 3. The summed E-state index contributed by atoms with van der Waals surface area (Å²) in [6, 6.07) is 21.2. The van der Waals surface area contributed by atoms with Gasteiger partial charge in [0.05, 0.1) is 12.2 Å². The van der Waals surface area contributed by atoms with Crippen molar-refractivity contribution in [1.82, 2.24) is 4.90 Å². The lowest BCUT2D eigenvalue weighted by molar-refractivity contribution is -0.123. The van der Waals surface area contributed by atoms with E-state index in [1.54, 1.807) is 21.6 Å². The first-order chi connectivity index (χ1) is 15.4. The Balaban J connectivity index is 1.60. The number of thioether (sulfide) groups is 1. The van der Waals surface area contributed by atoms with Crippen LogP contribution in [0.1, 0.15) is 32.6 Å². The number of anilines is 1. The lowest BCUT2D eigenvalue weighted by Gasteiger charge is -2.33. The van der Waals surface area contributed by atoms with Crippen LogP contribution in [0.4, 0.5) is 5.69 Å². The third-order valence-corrected chi connectivity index (χ3v) is 7.97. The molecular formula is C26H23ClN2O2S. The number of fused-ring (bicyclic) bond motifs is 2. The Kier molecular flexibility index (Phi) is 5.26. The number of halogens is 1. The molecule has 3 aromatic carbocycles. The molecule has 1 atom stereocenters. The molecule has 2 heterocycles. The summed E-state index contributed by atoms with van der Waals surface area (Å²) in [5.74, 6) is 0.507. The number of amides is 2. The van der Waals surface area contributed by atoms with Gasteiger partial charge in [0.15, 0.2) is 4.87 Å². The molecule has 0 saturated carbocycles. The fourth-order valence-corrected chi connectivity index (χ4v) is 6.18. The summed E-state index contributed by atoms with van der Waals surface area (Å²) in [6.07, 6.45) is 0. The van der Waals surface area contributed by atoms with Gasteiger partial charge >= 0.3 is 0 Å². The molecule has 1 spiro atoms. The second kappa shape index (κ2) is 7.98. The zero-order chi connectivity index (χ0) is 22.5. The molecule has 162 valence electrons. The average Bonchev–Trinajstić information content (AvgIpc) is 3.32. The number of aryl methyl sites for hydroxylation is 2. The maximum Gasteiger partial charge on any atom is 0.268 e. The predicted octanol–water partition coefficient (Wildman–Crippen LogP) is 5.55. The highest BCUT2D eigenvalue weighted by Crippen LogP contribution is 2.55. The molecule has 2 aliphatic rings. The Morgan fingerprint density at radius 3 is 2.50 bits per heavy atom. The molecule has 1 saturated heterocycles. The van der Waals surface area contributed by atoms with Crippen LogP contribution in [0.3, 0.4) is 0 Å². The average molecular weight is 463 g/mol. The number of carbonyl (C=O) groups excluding carboxylic acids is 2. The van der Waals surface area contributed by atoms with Gasteiger partial charge in [0, 0.05) is 28.4 Å². The summed E-state index contributed by atoms with van der Waals surface area (Å²) in [5.41, 5.74) is 5.37. The Morgan fingerprint density at radius 1 is 1.03 bits per heavy atom. The molecule has 2 aliphatic heterocycles. The largest absolute Gasteiger partial charge is 0.311 e. The molecule has 4 nitrogen and oxygen atoms in total. The summed E-state index contributed by atoms with van der Waals surface area (Å²) >= 11 is 7.96. The minimum absolute atomic E-state index is 0.0824. The fourth-order valence-electron chi connectivity index (χ4n) is 4.54. The Morgan fingerprint density at radius 2 is 1.75 bits per heavy atom. The molecule has 0 radical (unpaired) electrons. The highest BCUT2D eigenvalue weighted by atomic mass is 35.5. The van der Waals surface area contributed by atoms with Crippen LogP contribution >= 0.6 is 23.4 Å². The van der Waals surface area contributed by atoms with Crippen molar-refractivity contribution in [3.63, 3.8) is 0 Å². The molecule has 1 fully saturated rings. The molecule has 6 heteroatoms. The third-order valence-electron chi connectivity index (χ3n) is 6.18. The first kappa shape index (κ1) is 21.1. The highest BCUT2D eigenvalue weighted by Gasteiger charge is 2.59. The number of nitrogens with zero attached hydrogens (tertiary/aromatic N) is 2. The Hall–Kier alpha value is -2.76. The molecule has 0 aromatic heterocycles. The van der Waals surface area contributed by atoms with E-state index in [-0.39, 0.29) is 11.8 Å². The van der Waals surface area contributed by atoms with Crippen LogP contribution in [0, 0.1) is 13.8 Å². The van der Waals surface area contributed by atoms with Gasteiger partial charge < -0.3 is 9.80 Å². The van der Waals surface area contributed by atoms with Crippen molar-refractivity contribution in [1.29, 1.82) is 0 Å². The normalized spacial score (nSPS) is 19.7. The van der Waals surface area contributed by atoms with E-state index in [1.807, 2.05) is 80.6 Å². The van der Waals surface area contributed by atoms with Crippen LogP contribution in [0.5, 0.6) is 0 Å². The lowest BCUT2D eigenvalue weighted by Crippen LogP contribution is -2.50. The Labute approximate surface area is 197 Å². The first-order valence-corrected chi connectivity index (χ1v) is 12.0. The zero-order valence-corrected chi connectivity index (χ0v) is 19.5. The molecule has 5 rings (SSSR count). The van der Waals surface area contributed by atoms with Crippen molar-refractivity contribution in [3.05, 3.63) is 99.6 Å². The van der Waals surface area contributed by atoms with E-state index in [0.717, 1.165) is 27.9 Å². The van der Waals surface area contributed by atoms with Crippen molar-refractivity contribution in [2.45, 2.75) is 25.3 Å². The second-order valence-corrected chi connectivity index (χ2v) is 10.0. The highest BCUT2D eigenvalue weighted by molar-refractivity contribution is 8.01. The summed E-state index contributed by atoms with van der Waals surface area (Å²) < 4.78 is 0. The van der Waals surface area contributed by atoms with Gasteiger partial charge in [-0.3, -0.25) is 9.59 Å². The van der Waals surface area contributed by atoms with Gasteiger partial charge in [-0.2, -0.15) is 0 Å². The van der Waals surface area contributed by atoms with E-state index < -0.39 is 4.87 Å². The van der Waals surface area contributed by atoms with Gasteiger partial charge in [-0.1, -0.05) is 65.2 Å². The van der Waals surface area contributed by atoms with Gasteiger partial charge in [-0.05, 0) is 43.7 Å². The van der Waals surface area contributed by atoms with E-state index in [2.05, 4.69) is 0 Å². The molecule has 0 bridgehead atoms. The van der Waals surface area contributed by atoms with E-state index in [1.165, 1.54) is 0 Å². The zero-order valence-electron chi connectivity index (χ0n) is 18.0. The van der Waals surface area contributed by atoms with Crippen molar-refractivity contribution >= 4 is 40.9 Å². The first-order valence-electron chi connectivity index (χ1n) is 10.6. The standard InChI is InChI=1S/C26H23ClN2O2S/c1-17-7-10-19(11-8-17)24(30)29-13-14-32-26(29)21-15-18(2)9-12-23(21)28(25(26)31)16-20-5-3-4-6-22(20)27/h3-12,15H,13-14,16H2,1-2H3. The summed E-state index contributed by atoms with van der Waals surface area (Å²) in [4.78, 5) is 30.2. The van der Waals surface area contributed by atoms with Gasteiger partial charge in [0.25, 0.3) is 11.8 Å². The Bertz CT molecular complexity index is 1230. The summed E-state index contributed by atoms with van der Waals surface area (Å²) in [7, 11) is 0. The van der Waals surface area contributed by atoms with Gasteiger partial charge in [-0.25, -0.2) is 0 Å². The minimum atomic E-state index is -1.05. The van der Waals surface area contributed by atoms with Crippen molar-refractivity contribution in [2.75, 3.05) is 17.2 Å². The van der Waals surface area contributed by atoms with E-state index in [4.69, 9.17) is 11.6 Å². The van der Waals surface area contributed by atoms with Crippen LogP contribution in [-0.2, 0) is 16.2 Å². The van der Waals surface area contributed by atoms with Crippen molar-refractivity contribution < 1.29 is 9.59 Å². The van der Waals surface area contributed by atoms with Crippen LogP contribution in [0.25, 0.3) is 0 Å². The summed E-state index contributed by atoms with van der Waals surface area (Å²) in [6.45, 7) is 4.90. The topological polar surface area (TPSA) is 40.6 Å². The number of hydrogen-bond acceptors (Lipinski definition) is 3. The van der Waals surface area contributed by atoms with Crippen LogP contribution in [0.2, 0.25) is 5.02 Å². The monoisotopic (exact) mass is 462 g/mol. The lowest BCUT2D eigenvalue weighted by atomic mass is 10.0. The number of rotatable bonds is 3. The SMILES string of the molecule is Cc1ccc(C(=O)N2CCSC23C(=O)N(Cc2ccccc2Cl)c2ccc(C)cc23)cc1. The van der Waals surface area contributed by atoms with E-state index >= 15 is 0 Å². The van der Waals surface area contributed by atoms with E-state index in [9.17, 15) is 9.59 Å². The van der Waals surface area contributed by atoms with Gasteiger partial charge in [-0.15, -0.1) is 11.8 Å². The summed E-state index contributed by atoms with van der Waals surface area (Å²) in [5, 5.41) is 0.626. The quantitative estimate of drug-likeness (QED) is 0.512. The second-order valence-electron chi connectivity index (χ2n) is 8.32. The minimum Gasteiger partial charge on any atom is -0.311 e. The third kappa shape index (κ3) is 3.23. The number of carbonyl (C=O) groups is 2. The molecule has 32 heavy (non-hydrogen) atoms. The van der Waals surface area contributed by atoms with E-state index in [0.29, 0.717) is 29.4 Å². The fraction of sp³-hybridized carbons (Fsp3) is 0.231. The maximum absolute atomic E-state index is 14.1. The van der Waals surface area contributed by atoms with Crippen LogP contribution in [-0.4, -0.2) is 29.0 Å². The van der Waals surface area contributed by atoms with Crippen molar-refractivity contribution in [3.8, 4) is 0 Å². The number of hydrogen-bond donors (Lipinski definition) is 0. The smallest absolute Gasteiger partial charge is 0.268 e. The maximum atomic E-state index is 14.1. The van der Waals surface area contributed by atoms with Gasteiger partial charge in [0.2, 0.25) is 0 Å². The molecule has 0 aliphatic carbocycles. The molecular weight excluding hydrogens is 440 g/mol. The molecule has 0 N–H and O–H groups in total.